The number of carboxylic acids is 1. The molecule has 2 heterocycles. The number of amidine groups is 1. The molecule has 2 aromatic carbocycles. The molecule has 9 nitrogen and oxygen atoms in total. The predicted octanol–water partition coefficient (Wildman–Crippen LogP) is 5.18. The molecule has 0 bridgehead atoms. The number of benzene rings is 2. The molecule has 1 aliphatic heterocycles. The first-order chi connectivity index (χ1) is 15.9. The first-order valence-corrected chi connectivity index (χ1v) is 10.7. The number of hydrogen-bond donors (Lipinski definition) is 1. The molecule has 0 atom stereocenters. The zero-order valence-corrected chi connectivity index (χ0v) is 18.1. The summed E-state index contributed by atoms with van der Waals surface area (Å²) in [6.45, 7) is 2.22. The first kappa shape index (κ1) is 22.0. The summed E-state index contributed by atoms with van der Waals surface area (Å²) in [5, 5.41) is 20.4. The Morgan fingerprint density at radius 1 is 1.21 bits per heavy atom. The van der Waals surface area contributed by atoms with E-state index in [1.807, 2.05) is 6.92 Å². The quantitative estimate of drug-likeness (QED) is 0.303. The van der Waals surface area contributed by atoms with E-state index in [0.717, 1.165) is 0 Å². The Hall–Kier alpha value is -4.18. The van der Waals surface area contributed by atoms with Crippen molar-refractivity contribution in [3.8, 4) is 11.3 Å². The number of thioether (sulfide) groups is 1. The van der Waals surface area contributed by atoms with E-state index in [1.54, 1.807) is 42.5 Å². The average Bonchev–Trinajstić information content (AvgIpc) is 3.38. The van der Waals surface area contributed by atoms with E-state index in [9.17, 15) is 24.8 Å². The molecular formula is C23H17N3O6S. The van der Waals surface area contributed by atoms with E-state index in [-0.39, 0.29) is 17.2 Å². The van der Waals surface area contributed by atoms with Crippen molar-refractivity contribution in [1.29, 1.82) is 0 Å². The molecule has 0 saturated carbocycles. The highest BCUT2D eigenvalue weighted by Crippen LogP contribution is 2.35. The lowest BCUT2D eigenvalue weighted by Crippen LogP contribution is -2.28. The summed E-state index contributed by atoms with van der Waals surface area (Å²) in [5.74, 6) is -0.325. The number of non-ortho nitro benzene ring substituents is 1. The van der Waals surface area contributed by atoms with E-state index >= 15 is 0 Å². The van der Waals surface area contributed by atoms with Crippen molar-refractivity contribution >= 4 is 46.3 Å². The number of carbonyl (C=O) groups excluding carboxylic acids is 1. The van der Waals surface area contributed by atoms with Crippen LogP contribution in [0.15, 0.2) is 75.0 Å². The zero-order valence-electron chi connectivity index (χ0n) is 17.3. The van der Waals surface area contributed by atoms with Gasteiger partial charge in [0.2, 0.25) is 0 Å². The number of furan rings is 1. The highest BCUT2D eigenvalue weighted by molar-refractivity contribution is 8.18. The second kappa shape index (κ2) is 9.13. The first-order valence-electron chi connectivity index (χ1n) is 9.84. The third-order valence-electron chi connectivity index (χ3n) is 4.78. The maximum absolute atomic E-state index is 12.9. The maximum atomic E-state index is 12.9. The van der Waals surface area contributed by atoms with E-state index in [1.165, 1.54) is 40.9 Å². The van der Waals surface area contributed by atoms with Crippen LogP contribution in [-0.4, -0.2) is 38.5 Å². The molecule has 0 unspecified atom stereocenters. The predicted molar refractivity (Wildman–Crippen MR) is 124 cm³/mol. The van der Waals surface area contributed by atoms with Crippen molar-refractivity contribution in [2.24, 2.45) is 4.99 Å². The fourth-order valence-electron chi connectivity index (χ4n) is 3.15. The number of likely N-dealkylation sites (N-methyl/N-ethyl adjacent to an activating group) is 1. The van der Waals surface area contributed by atoms with Crippen molar-refractivity contribution < 1.29 is 24.0 Å². The Kier molecular flexibility index (Phi) is 6.09. The topological polar surface area (TPSA) is 126 Å². The lowest BCUT2D eigenvalue weighted by atomic mass is 10.1. The molecule has 4 rings (SSSR count). The number of aliphatic imine (C=N–C) groups is 1. The molecule has 1 aromatic heterocycles. The number of amides is 1. The molecule has 3 aromatic rings. The molecule has 1 aliphatic rings. The molecule has 0 radical (unpaired) electrons. The van der Waals surface area contributed by atoms with Crippen LogP contribution in [0.5, 0.6) is 0 Å². The molecule has 0 spiro atoms. The number of nitro groups is 1. The van der Waals surface area contributed by atoms with Crippen LogP contribution in [-0.2, 0) is 4.79 Å². The van der Waals surface area contributed by atoms with Crippen LogP contribution < -0.4 is 0 Å². The molecule has 10 heteroatoms. The van der Waals surface area contributed by atoms with Gasteiger partial charge in [0.25, 0.3) is 11.6 Å². The maximum Gasteiger partial charge on any atom is 0.335 e. The largest absolute Gasteiger partial charge is 0.478 e. The molecule has 1 N–H and O–H groups in total. The van der Waals surface area contributed by atoms with E-state index in [2.05, 4.69) is 4.99 Å². The fraction of sp³-hybridized carbons (Fsp3) is 0.0870. The molecule has 1 saturated heterocycles. The molecule has 1 fully saturated rings. The lowest BCUT2D eigenvalue weighted by Gasteiger charge is -2.12. The Labute approximate surface area is 192 Å². The third kappa shape index (κ3) is 4.70. The van der Waals surface area contributed by atoms with Gasteiger partial charge < -0.3 is 9.52 Å². The van der Waals surface area contributed by atoms with E-state index < -0.39 is 10.9 Å². The van der Waals surface area contributed by atoms with Crippen molar-refractivity contribution in [2.45, 2.75) is 6.92 Å². The van der Waals surface area contributed by atoms with Gasteiger partial charge >= 0.3 is 5.97 Å². The number of aromatic carboxylic acids is 1. The number of rotatable bonds is 6. The summed E-state index contributed by atoms with van der Waals surface area (Å²) in [6.07, 6.45) is 1.61. The summed E-state index contributed by atoms with van der Waals surface area (Å²) in [4.78, 5) is 40.8. The van der Waals surface area contributed by atoms with Gasteiger partial charge in [-0.3, -0.25) is 19.8 Å². The summed E-state index contributed by atoms with van der Waals surface area (Å²) in [7, 11) is 0. The number of nitro benzene ring substituents is 1. The minimum Gasteiger partial charge on any atom is -0.478 e. The second-order valence-electron chi connectivity index (χ2n) is 6.92. The highest BCUT2D eigenvalue weighted by Gasteiger charge is 2.32. The van der Waals surface area contributed by atoms with Crippen molar-refractivity contribution in [3.63, 3.8) is 0 Å². The minimum absolute atomic E-state index is 0.0130. The minimum atomic E-state index is -1.05. The fourth-order valence-corrected chi connectivity index (χ4v) is 4.19. The Morgan fingerprint density at radius 3 is 2.64 bits per heavy atom. The van der Waals surface area contributed by atoms with Crippen LogP contribution in [0.25, 0.3) is 17.4 Å². The SMILES string of the molecule is CCN1C(=O)/C(=C\c2ccc(-c3ccc([N+](=O)[O-])cc3)o2)SC1=Nc1cccc(C(=O)O)c1. The van der Waals surface area contributed by atoms with E-state index in [0.29, 0.717) is 39.4 Å². The van der Waals surface area contributed by atoms with Gasteiger partial charge in [-0.15, -0.1) is 0 Å². The monoisotopic (exact) mass is 463 g/mol. The lowest BCUT2D eigenvalue weighted by molar-refractivity contribution is -0.384. The standard InChI is InChI=1S/C23H17N3O6S/c1-2-25-21(27)20(33-23(25)24-16-5-3-4-15(12-16)22(28)29)13-18-10-11-19(32-18)14-6-8-17(9-7-14)26(30)31/h3-13H,2H2,1H3,(H,28,29)/b20-13+,24-23?. The summed E-state index contributed by atoms with van der Waals surface area (Å²) < 4.78 is 5.81. The summed E-state index contributed by atoms with van der Waals surface area (Å²) in [6, 6.07) is 15.6. The summed E-state index contributed by atoms with van der Waals surface area (Å²) in [5.41, 5.74) is 1.20. The van der Waals surface area contributed by atoms with Gasteiger partial charge in [-0.2, -0.15) is 0 Å². The van der Waals surface area contributed by atoms with Crippen LogP contribution >= 0.6 is 11.8 Å². The molecule has 166 valence electrons. The Morgan fingerprint density at radius 2 is 1.97 bits per heavy atom. The van der Waals surface area contributed by atoms with Gasteiger partial charge in [0.05, 0.1) is 21.1 Å². The normalized spacial score (nSPS) is 16.0. The van der Waals surface area contributed by atoms with E-state index in [4.69, 9.17) is 4.42 Å². The third-order valence-corrected chi connectivity index (χ3v) is 5.79. The van der Waals surface area contributed by atoms with Gasteiger partial charge in [-0.1, -0.05) is 6.07 Å². The zero-order chi connectivity index (χ0) is 23.5. The summed E-state index contributed by atoms with van der Waals surface area (Å²) >= 11 is 1.17. The van der Waals surface area contributed by atoms with Gasteiger partial charge in [0.1, 0.15) is 11.5 Å². The molecule has 33 heavy (non-hydrogen) atoms. The smallest absolute Gasteiger partial charge is 0.335 e. The Bertz CT molecular complexity index is 1310. The van der Waals surface area contributed by atoms with Crippen molar-refractivity contribution in [1.82, 2.24) is 4.90 Å². The second-order valence-corrected chi connectivity index (χ2v) is 7.93. The van der Waals surface area contributed by atoms with Crippen molar-refractivity contribution in [2.75, 3.05) is 6.54 Å². The highest BCUT2D eigenvalue weighted by atomic mass is 32.2. The molecule has 0 aliphatic carbocycles. The molecule has 1 amide bonds. The number of nitrogens with zero attached hydrogens (tertiary/aromatic N) is 3. The van der Waals surface area contributed by atoms with Crippen LogP contribution in [0.2, 0.25) is 0 Å². The van der Waals surface area contributed by atoms with Gasteiger partial charge in [-0.05, 0) is 61.2 Å². The number of hydrogen-bond acceptors (Lipinski definition) is 7. The van der Waals surface area contributed by atoms with Crippen LogP contribution in [0.3, 0.4) is 0 Å². The molecular weight excluding hydrogens is 446 g/mol. The Balaban J connectivity index is 1.59. The van der Waals surface area contributed by atoms with Gasteiger partial charge in [0.15, 0.2) is 5.17 Å². The van der Waals surface area contributed by atoms with Crippen LogP contribution in [0, 0.1) is 10.1 Å². The van der Waals surface area contributed by atoms with Gasteiger partial charge in [0, 0.05) is 30.3 Å². The van der Waals surface area contributed by atoms with Crippen LogP contribution in [0.4, 0.5) is 11.4 Å². The average molecular weight is 463 g/mol. The van der Waals surface area contributed by atoms with Crippen molar-refractivity contribution in [3.05, 3.63) is 87.0 Å². The van der Waals surface area contributed by atoms with Gasteiger partial charge in [-0.25, -0.2) is 9.79 Å². The number of carbonyl (C=O) groups is 2. The van der Waals surface area contributed by atoms with Crippen LogP contribution in [0.1, 0.15) is 23.0 Å². The number of carboxylic acid groups (broad SMARTS) is 1.